The molecule has 1 rings (SSSR count). The van der Waals surface area contributed by atoms with E-state index in [1.165, 1.54) is 32.5 Å². The van der Waals surface area contributed by atoms with Gasteiger partial charge in [0.15, 0.2) is 0 Å². The molecule has 0 aliphatic carbocycles. The molecular weight excluding hydrogens is 186 g/mol. The van der Waals surface area contributed by atoms with E-state index in [0.29, 0.717) is 6.04 Å². The number of likely N-dealkylation sites (N-methyl/N-ethyl adjacent to an activating group) is 2. The highest BCUT2D eigenvalue weighted by atomic mass is 15.2. The van der Waals surface area contributed by atoms with E-state index >= 15 is 0 Å². The van der Waals surface area contributed by atoms with Crippen molar-refractivity contribution in [1.82, 2.24) is 15.1 Å². The van der Waals surface area contributed by atoms with Gasteiger partial charge in [0.2, 0.25) is 0 Å². The fourth-order valence-electron chi connectivity index (χ4n) is 2.43. The van der Waals surface area contributed by atoms with Gasteiger partial charge in [-0.25, -0.2) is 0 Å². The number of rotatable bonds is 5. The first-order valence-corrected chi connectivity index (χ1v) is 6.25. The first kappa shape index (κ1) is 12.9. The Balaban J connectivity index is 2.24. The average molecular weight is 213 g/mol. The van der Waals surface area contributed by atoms with Crippen LogP contribution in [0.25, 0.3) is 0 Å². The van der Waals surface area contributed by atoms with Gasteiger partial charge in [-0.1, -0.05) is 6.92 Å². The fourth-order valence-corrected chi connectivity index (χ4v) is 2.43. The van der Waals surface area contributed by atoms with Gasteiger partial charge in [0.25, 0.3) is 0 Å². The predicted molar refractivity (Wildman–Crippen MR) is 66.3 cm³/mol. The molecule has 3 nitrogen and oxygen atoms in total. The van der Waals surface area contributed by atoms with Crippen LogP contribution >= 0.6 is 0 Å². The summed E-state index contributed by atoms with van der Waals surface area (Å²) in [6.07, 6.45) is 2.65. The maximum absolute atomic E-state index is 3.47. The van der Waals surface area contributed by atoms with Crippen LogP contribution in [-0.4, -0.2) is 62.2 Å². The van der Waals surface area contributed by atoms with Crippen LogP contribution in [0.1, 0.15) is 26.7 Å². The van der Waals surface area contributed by atoms with Crippen molar-refractivity contribution in [3.8, 4) is 0 Å². The monoisotopic (exact) mass is 213 g/mol. The summed E-state index contributed by atoms with van der Waals surface area (Å²) in [5, 5.41) is 3.47. The number of likely N-dealkylation sites (tertiary alicyclic amines) is 1. The van der Waals surface area contributed by atoms with Crippen LogP contribution in [0.5, 0.6) is 0 Å². The number of nitrogens with one attached hydrogen (secondary N) is 1. The molecule has 90 valence electrons. The van der Waals surface area contributed by atoms with E-state index in [1.807, 2.05) is 0 Å². The average Bonchev–Trinajstić information content (AvgIpc) is 2.18. The summed E-state index contributed by atoms with van der Waals surface area (Å²) in [5.41, 5.74) is 0. The molecule has 15 heavy (non-hydrogen) atoms. The Morgan fingerprint density at radius 1 is 1.40 bits per heavy atom. The zero-order valence-corrected chi connectivity index (χ0v) is 10.8. The molecule has 1 heterocycles. The van der Waals surface area contributed by atoms with Crippen LogP contribution in [-0.2, 0) is 0 Å². The lowest BCUT2D eigenvalue weighted by molar-refractivity contribution is 0.136. The molecule has 3 heteroatoms. The molecule has 0 amide bonds. The van der Waals surface area contributed by atoms with Crippen molar-refractivity contribution >= 4 is 0 Å². The van der Waals surface area contributed by atoms with Crippen LogP contribution < -0.4 is 5.32 Å². The number of hydrogen-bond acceptors (Lipinski definition) is 3. The molecule has 0 radical (unpaired) electrons. The first-order valence-electron chi connectivity index (χ1n) is 6.25. The van der Waals surface area contributed by atoms with Gasteiger partial charge in [0.05, 0.1) is 0 Å². The maximum atomic E-state index is 3.47. The van der Waals surface area contributed by atoms with Crippen molar-refractivity contribution in [2.75, 3.05) is 40.3 Å². The standard InChI is InChI=1S/C12H27N3/c1-5-13-11(2)10-15(4)12-6-8-14(3)9-7-12/h11-13H,5-10H2,1-4H3. The molecule has 1 saturated heterocycles. The van der Waals surface area contributed by atoms with Crippen molar-refractivity contribution in [2.24, 2.45) is 0 Å². The second-order valence-electron chi connectivity index (χ2n) is 4.93. The zero-order valence-electron chi connectivity index (χ0n) is 10.8. The van der Waals surface area contributed by atoms with Crippen molar-refractivity contribution in [2.45, 2.75) is 38.8 Å². The molecule has 1 atom stereocenters. The lowest BCUT2D eigenvalue weighted by Gasteiger charge is -2.36. The first-order chi connectivity index (χ1) is 7.13. The molecule has 0 aromatic heterocycles. The van der Waals surface area contributed by atoms with Gasteiger partial charge in [0.1, 0.15) is 0 Å². The van der Waals surface area contributed by atoms with E-state index in [2.05, 4.69) is 43.1 Å². The van der Waals surface area contributed by atoms with Gasteiger partial charge in [-0.05, 0) is 53.5 Å². The SMILES string of the molecule is CCNC(C)CN(C)C1CCN(C)CC1. The van der Waals surface area contributed by atoms with E-state index < -0.39 is 0 Å². The van der Waals surface area contributed by atoms with E-state index in [0.717, 1.165) is 12.6 Å². The van der Waals surface area contributed by atoms with Gasteiger partial charge in [-0.2, -0.15) is 0 Å². The lowest BCUT2D eigenvalue weighted by Crippen LogP contribution is -2.46. The normalized spacial score (nSPS) is 22.2. The van der Waals surface area contributed by atoms with Crippen molar-refractivity contribution in [1.29, 1.82) is 0 Å². The second-order valence-corrected chi connectivity index (χ2v) is 4.93. The fraction of sp³-hybridized carbons (Fsp3) is 1.00. The van der Waals surface area contributed by atoms with E-state index in [4.69, 9.17) is 0 Å². The van der Waals surface area contributed by atoms with Crippen molar-refractivity contribution < 1.29 is 0 Å². The minimum atomic E-state index is 0.611. The Morgan fingerprint density at radius 3 is 2.53 bits per heavy atom. The highest BCUT2D eigenvalue weighted by molar-refractivity contribution is 4.78. The third-order valence-electron chi connectivity index (χ3n) is 3.43. The topological polar surface area (TPSA) is 18.5 Å². The third-order valence-corrected chi connectivity index (χ3v) is 3.43. The summed E-state index contributed by atoms with van der Waals surface area (Å²) < 4.78 is 0. The Labute approximate surface area is 94.8 Å². The minimum absolute atomic E-state index is 0.611. The van der Waals surface area contributed by atoms with Gasteiger partial charge < -0.3 is 15.1 Å². The number of nitrogens with zero attached hydrogens (tertiary/aromatic N) is 2. The Morgan fingerprint density at radius 2 is 2.00 bits per heavy atom. The van der Waals surface area contributed by atoms with Gasteiger partial charge in [-0.3, -0.25) is 0 Å². The molecule has 1 unspecified atom stereocenters. The van der Waals surface area contributed by atoms with E-state index in [1.54, 1.807) is 0 Å². The summed E-state index contributed by atoms with van der Waals surface area (Å²) in [6, 6.07) is 1.40. The van der Waals surface area contributed by atoms with Crippen molar-refractivity contribution in [3.05, 3.63) is 0 Å². The molecule has 0 aromatic carbocycles. The predicted octanol–water partition coefficient (Wildman–Crippen LogP) is 1.01. The van der Waals surface area contributed by atoms with Crippen LogP contribution in [0.2, 0.25) is 0 Å². The van der Waals surface area contributed by atoms with E-state index in [9.17, 15) is 0 Å². The molecule has 0 saturated carbocycles. The summed E-state index contributed by atoms with van der Waals surface area (Å²) >= 11 is 0. The summed E-state index contributed by atoms with van der Waals surface area (Å²) in [6.45, 7) is 9.20. The molecule has 1 N–H and O–H groups in total. The van der Waals surface area contributed by atoms with Crippen LogP contribution in [0.15, 0.2) is 0 Å². The number of piperidine rings is 1. The molecule has 0 aromatic rings. The zero-order chi connectivity index (χ0) is 11.3. The summed E-state index contributed by atoms with van der Waals surface area (Å²) in [4.78, 5) is 4.96. The minimum Gasteiger partial charge on any atom is -0.313 e. The Kier molecular flexibility index (Phi) is 5.58. The molecule has 0 spiro atoms. The van der Waals surface area contributed by atoms with E-state index in [-0.39, 0.29) is 0 Å². The van der Waals surface area contributed by atoms with Crippen LogP contribution in [0.3, 0.4) is 0 Å². The quantitative estimate of drug-likeness (QED) is 0.735. The van der Waals surface area contributed by atoms with Crippen molar-refractivity contribution in [3.63, 3.8) is 0 Å². The molecule has 1 aliphatic rings. The van der Waals surface area contributed by atoms with Crippen LogP contribution in [0, 0.1) is 0 Å². The lowest BCUT2D eigenvalue weighted by atomic mass is 10.0. The summed E-state index contributed by atoms with van der Waals surface area (Å²) in [7, 11) is 4.49. The maximum Gasteiger partial charge on any atom is 0.0166 e. The van der Waals surface area contributed by atoms with Gasteiger partial charge >= 0.3 is 0 Å². The van der Waals surface area contributed by atoms with Gasteiger partial charge in [-0.15, -0.1) is 0 Å². The Hall–Kier alpha value is -0.120. The smallest absolute Gasteiger partial charge is 0.0166 e. The Bertz CT molecular complexity index is 164. The molecule has 1 fully saturated rings. The molecule has 1 aliphatic heterocycles. The molecular formula is C12H27N3. The molecule has 0 bridgehead atoms. The third kappa shape index (κ3) is 4.49. The number of hydrogen-bond donors (Lipinski definition) is 1. The largest absolute Gasteiger partial charge is 0.313 e. The van der Waals surface area contributed by atoms with Crippen LogP contribution in [0.4, 0.5) is 0 Å². The highest BCUT2D eigenvalue weighted by Gasteiger charge is 2.21. The highest BCUT2D eigenvalue weighted by Crippen LogP contribution is 2.14. The summed E-state index contributed by atoms with van der Waals surface area (Å²) in [5.74, 6) is 0. The second kappa shape index (κ2) is 6.46. The van der Waals surface area contributed by atoms with Gasteiger partial charge in [0, 0.05) is 18.6 Å².